The zero-order chi connectivity index (χ0) is 7.40. The Labute approximate surface area is 59.9 Å². The third-order valence-electron chi connectivity index (χ3n) is 1.45. The largest absolute Gasteiger partial charge is 0.145 e. The highest BCUT2D eigenvalue weighted by molar-refractivity contribution is 5.38. The second kappa shape index (κ2) is 3.11. The highest BCUT2D eigenvalue weighted by Gasteiger charge is 1.89. The molecule has 0 saturated heterocycles. The number of nitrogens with zero attached hydrogens (tertiary/aromatic N) is 1. The first-order valence-corrected chi connectivity index (χ1v) is 3.29. The molecule has 0 aromatic heterocycles. The van der Waals surface area contributed by atoms with Crippen molar-refractivity contribution in [1.82, 2.24) is 0 Å². The lowest BCUT2D eigenvalue weighted by molar-refractivity contribution is 1.14. The Morgan fingerprint density at radius 3 is 2.30 bits per heavy atom. The Bertz CT molecular complexity index is 215. The molecule has 0 fully saturated rings. The van der Waals surface area contributed by atoms with Crippen molar-refractivity contribution in [3.05, 3.63) is 34.7 Å². The minimum Gasteiger partial charge on any atom is -0.145 e. The Kier molecular flexibility index (Phi) is 2.15. The molecule has 0 spiro atoms. The summed E-state index contributed by atoms with van der Waals surface area (Å²) in [6, 6.07) is 7.28. The predicted octanol–water partition coefficient (Wildman–Crippen LogP) is 2.65. The van der Waals surface area contributed by atoms with Gasteiger partial charge in [-0.15, -0.1) is 4.91 Å². The molecule has 52 valence electrons. The summed E-state index contributed by atoms with van der Waals surface area (Å²) in [5, 5.41) is 2.80. The first-order chi connectivity index (χ1) is 4.86. The number of rotatable bonds is 2. The average Bonchev–Trinajstić information content (AvgIpc) is 2.05. The highest BCUT2D eigenvalue weighted by atomic mass is 16.3. The van der Waals surface area contributed by atoms with Crippen molar-refractivity contribution in [2.75, 3.05) is 0 Å². The molecule has 0 heterocycles. The van der Waals surface area contributed by atoms with E-state index in [4.69, 9.17) is 0 Å². The van der Waals surface area contributed by atoms with Gasteiger partial charge in [0.15, 0.2) is 0 Å². The van der Waals surface area contributed by atoms with Crippen molar-refractivity contribution in [3.8, 4) is 0 Å². The second-order valence-corrected chi connectivity index (χ2v) is 2.11. The number of aryl methyl sites for hydroxylation is 1. The van der Waals surface area contributed by atoms with E-state index in [-0.39, 0.29) is 0 Å². The van der Waals surface area contributed by atoms with Crippen LogP contribution >= 0.6 is 0 Å². The molecular weight excluding hydrogens is 126 g/mol. The fraction of sp³-hybridized carbons (Fsp3) is 0.250. The lowest BCUT2D eigenvalue weighted by Gasteiger charge is -1.92. The summed E-state index contributed by atoms with van der Waals surface area (Å²) in [5.74, 6) is 0. The van der Waals surface area contributed by atoms with E-state index in [9.17, 15) is 4.91 Å². The summed E-state index contributed by atoms with van der Waals surface area (Å²) >= 11 is 0. The van der Waals surface area contributed by atoms with Crippen LogP contribution in [0.3, 0.4) is 0 Å². The summed E-state index contributed by atoms with van der Waals surface area (Å²) in [5.41, 5.74) is 1.73. The van der Waals surface area contributed by atoms with Gasteiger partial charge >= 0.3 is 0 Å². The van der Waals surface area contributed by atoms with E-state index >= 15 is 0 Å². The van der Waals surface area contributed by atoms with E-state index in [1.165, 1.54) is 5.56 Å². The second-order valence-electron chi connectivity index (χ2n) is 2.11. The van der Waals surface area contributed by atoms with Crippen molar-refractivity contribution in [3.63, 3.8) is 0 Å². The van der Waals surface area contributed by atoms with E-state index in [1.807, 2.05) is 12.1 Å². The molecule has 2 nitrogen and oxygen atoms in total. The van der Waals surface area contributed by atoms with Crippen LogP contribution in [0.4, 0.5) is 5.69 Å². The van der Waals surface area contributed by atoms with Crippen LogP contribution in [0.5, 0.6) is 0 Å². The zero-order valence-corrected chi connectivity index (χ0v) is 5.87. The smallest absolute Gasteiger partial charge is 0.108 e. The summed E-state index contributed by atoms with van der Waals surface area (Å²) < 4.78 is 0. The van der Waals surface area contributed by atoms with Gasteiger partial charge in [0.25, 0.3) is 0 Å². The highest BCUT2D eigenvalue weighted by Crippen LogP contribution is 2.11. The van der Waals surface area contributed by atoms with E-state index in [1.54, 1.807) is 12.1 Å². The third kappa shape index (κ3) is 1.41. The monoisotopic (exact) mass is 135 g/mol. The SMILES string of the molecule is CCc1ccc(N=O)cc1. The molecule has 0 atom stereocenters. The molecule has 0 aliphatic heterocycles. The van der Waals surface area contributed by atoms with Crippen LogP contribution in [0.2, 0.25) is 0 Å². The lowest BCUT2D eigenvalue weighted by Crippen LogP contribution is -1.75. The van der Waals surface area contributed by atoms with E-state index < -0.39 is 0 Å². The molecule has 0 aliphatic rings. The van der Waals surface area contributed by atoms with Gasteiger partial charge < -0.3 is 0 Å². The molecule has 0 bridgehead atoms. The van der Waals surface area contributed by atoms with E-state index in [0.717, 1.165) is 6.42 Å². The first-order valence-electron chi connectivity index (χ1n) is 3.29. The number of hydrogen-bond donors (Lipinski definition) is 0. The van der Waals surface area contributed by atoms with Gasteiger partial charge in [0, 0.05) is 0 Å². The average molecular weight is 135 g/mol. The fourth-order valence-electron chi connectivity index (χ4n) is 0.793. The zero-order valence-electron chi connectivity index (χ0n) is 5.87. The molecular formula is C8H9NO. The summed E-state index contributed by atoms with van der Waals surface area (Å²) in [6.45, 7) is 2.07. The molecule has 0 radical (unpaired) electrons. The topological polar surface area (TPSA) is 29.4 Å². The molecule has 10 heavy (non-hydrogen) atoms. The van der Waals surface area contributed by atoms with Gasteiger partial charge in [-0.05, 0) is 29.3 Å². The number of hydrogen-bond acceptors (Lipinski definition) is 2. The van der Waals surface area contributed by atoms with Crippen molar-refractivity contribution >= 4 is 5.69 Å². The Morgan fingerprint density at radius 1 is 1.30 bits per heavy atom. The minimum absolute atomic E-state index is 0.497. The Morgan fingerprint density at radius 2 is 1.90 bits per heavy atom. The van der Waals surface area contributed by atoms with Crippen molar-refractivity contribution in [2.45, 2.75) is 13.3 Å². The van der Waals surface area contributed by atoms with Gasteiger partial charge in [0.05, 0.1) is 0 Å². The van der Waals surface area contributed by atoms with Crippen molar-refractivity contribution < 1.29 is 0 Å². The first kappa shape index (κ1) is 6.93. The molecule has 2 heteroatoms. The molecule has 1 rings (SSSR count). The molecule has 0 saturated carbocycles. The number of benzene rings is 1. The van der Waals surface area contributed by atoms with E-state index in [0.29, 0.717) is 5.69 Å². The van der Waals surface area contributed by atoms with Crippen LogP contribution in [0.15, 0.2) is 29.4 Å². The molecule has 0 N–H and O–H groups in total. The Hall–Kier alpha value is -1.18. The van der Waals surface area contributed by atoms with Crippen LogP contribution in [0.25, 0.3) is 0 Å². The van der Waals surface area contributed by atoms with Gasteiger partial charge in [0.2, 0.25) is 0 Å². The molecule has 1 aromatic rings. The molecule has 0 aliphatic carbocycles. The van der Waals surface area contributed by atoms with Gasteiger partial charge in [-0.25, -0.2) is 0 Å². The lowest BCUT2D eigenvalue weighted by atomic mass is 10.2. The van der Waals surface area contributed by atoms with Crippen LogP contribution in [0.1, 0.15) is 12.5 Å². The fourth-order valence-corrected chi connectivity index (χ4v) is 0.793. The predicted molar refractivity (Wildman–Crippen MR) is 41.3 cm³/mol. The Balaban J connectivity index is 2.90. The van der Waals surface area contributed by atoms with Crippen LogP contribution in [-0.2, 0) is 6.42 Å². The van der Waals surface area contributed by atoms with Crippen LogP contribution in [0, 0.1) is 4.91 Å². The summed E-state index contributed by atoms with van der Waals surface area (Å²) in [7, 11) is 0. The maximum Gasteiger partial charge on any atom is 0.108 e. The van der Waals surface area contributed by atoms with Crippen LogP contribution < -0.4 is 0 Å². The standard InChI is InChI=1S/C8H9NO/c1-2-7-3-5-8(9-10)6-4-7/h3-6H,2H2,1H3. The minimum atomic E-state index is 0.497. The van der Waals surface area contributed by atoms with Gasteiger partial charge in [-0.2, -0.15) is 0 Å². The normalized spacial score (nSPS) is 9.30. The molecule has 1 aromatic carbocycles. The van der Waals surface area contributed by atoms with Crippen LogP contribution in [-0.4, -0.2) is 0 Å². The maximum absolute atomic E-state index is 9.96. The van der Waals surface area contributed by atoms with Gasteiger partial charge in [-0.1, -0.05) is 19.1 Å². The number of nitroso groups, excluding NO2 is 1. The van der Waals surface area contributed by atoms with Gasteiger partial charge in [0.1, 0.15) is 5.69 Å². The summed E-state index contributed by atoms with van der Waals surface area (Å²) in [6.07, 6.45) is 0.999. The quantitative estimate of drug-likeness (QED) is 0.573. The third-order valence-corrected chi connectivity index (χ3v) is 1.45. The van der Waals surface area contributed by atoms with Gasteiger partial charge in [-0.3, -0.25) is 0 Å². The summed E-state index contributed by atoms with van der Waals surface area (Å²) in [4.78, 5) is 9.96. The molecule has 0 amide bonds. The van der Waals surface area contributed by atoms with E-state index in [2.05, 4.69) is 12.1 Å². The van der Waals surface area contributed by atoms with Crippen molar-refractivity contribution in [1.29, 1.82) is 0 Å². The molecule has 0 unspecified atom stereocenters. The maximum atomic E-state index is 9.96. The van der Waals surface area contributed by atoms with Crippen molar-refractivity contribution in [2.24, 2.45) is 5.18 Å².